The van der Waals surface area contributed by atoms with Crippen molar-refractivity contribution in [1.29, 1.82) is 0 Å². The summed E-state index contributed by atoms with van der Waals surface area (Å²) in [6.07, 6.45) is 4.45. The summed E-state index contributed by atoms with van der Waals surface area (Å²) in [6.45, 7) is 6.71. The molecular weight excluding hydrogens is 224 g/mol. The van der Waals surface area contributed by atoms with Crippen molar-refractivity contribution in [2.45, 2.75) is 31.8 Å². The van der Waals surface area contributed by atoms with Gasteiger partial charge in [-0.2, -0.15) is 0 Å². The van der Waals surface area contributed by atoms with E-state index in [4.69, 9.17) is 10.5 Å². The van der Waals surface area contributed by atoms with E-state index >= 15 is 0 Å². The summed E-state index contributed by atoms with van der Waals surface area (Å²) in [5.74, 6) is 0.872. The minimum atomic E-state index is -0.0396. The number of rotatable bonds is 6. The van der Waals surface area contributed by atoms with Gasteiger partial charge in [-0.3, -0.25) is 0 Å². The lowest BCUT2D eigenvalue weighted by Gasteiger charge is -2.28. The fourth-order valence-corrected chi connectivity index (χ4v) is 2.39. The van der Waals surface area contributed by atoms with Gasteiger partial charge in [0.15, 0.2) is 0 Å². The molecule has 1 fully saturated rings. The lowest BCUT2D eigenvalue weighted by Crippen LogP contribution is -2.28. The maximum Gasteiger partial charge on any atom is 0.125 e. The number of nitrogens with zero attached hydrogens (tertiary/aromatic N) is 1. The molecule has 0 amide bonds. The molecule has 0 aliphatic heterocycles. The third-order valence-electron chi connectivity index (χ3n) is 3.34. The summed E-state index contributed by atoms with van der Waals surface area (Å²) in [6, 6.07) is 6.72. The second kappa shape index (κ2) is 5.44. The van der Waals surface area contributed by atoms with Gasteiger partial charge in [-0.1, -0.05) is 12.1 Å². The van der Waals surface area contributed by atoms with Crippen LogP contribution in [-0.4, -0.2) is 19.7 Å². The third-order valence-corrected chi connectivity index (χ3v) is 3.34. The van der Waals surface area contributed by atoms with Crippen LogP contribution in [0, 0.1) is 0 Å². The Morgan fingerprint density at radius 3 is 2.78 bits per heavy atom. The van der Waals surface area contributed by atoms with Crippen molar-refractivity contribution >= 4 is 5.69 Å². The predicted octanol–water partition coefficient (Wildman–Crippen LogP) is 2.87. The van der Waals surface area contributed by atoms with Crippen LogP contribution in [0.3, 0.4) is 0 Å². The van der Waals surface area contributed by atoms with Crippen LogP contribution in [0.25, 0.3) is 0 Å². The smallest absolute Gasteiger partial charge is 0.125 e. The van der Waals surface area contributed by atoms with Crippen molar-refractivity contribution < 1.29 is 4.74 Å². The highest BCUT2D eigenvalue weighted by atomic mass is 16.5. The summed E-state index contributed by atoms with van der Waals surface area (Å²) >= 11 is 0. The van der Waals surface area contributed by atoms with E-state index in [0.717, 1.165) is 17.9 Å². The number of ether oxygens (including phenoxy) is 1. The topological polar surface area (TPSA) is 38.5 Å². The van der Waals surface area contributed by atoms with Gasteiger partial charge < -0.3 is 15.4 Å². The molecule has 0 unspecified atom stereocenters. The van der Waals surface area contributed by atoms with Crippen molar-refractivity contribution in [1.82, 2.24) is 0 Å². The first-order valence-corrected chi connectivity index (χ1v) is 6.49. The Morgan fingerprint density at radius 2 is 2.28 bits per heavy atom. The van der Waals surface area contributed by atoms with Gasteiger partial charge >= 0.3 is 0 Å². The summed E-state index contributed by atoms with van der Waals surface area (Å²) in [4.78, 5) is 2.38. The molecule has 1 atom stereocenters. The highest BCUT2D eigenvalue weighted by Crippen LogP contribution is 2.39. The molecule has 0 saturated heterocycles. The molecule has 3 nitrogen and oxygen atoms in total. The fourth-order valence-electron chi connectivity index (χ4n) is 2.39. The zero-order valence-electron chi connectivity index (χ0n) is 11.2. The molecule has 1 aliphatic rings. The van der Waals surface area contributed by atoms with E-state index in [1.807, 2.05) is 25.1 Å². The summed E-state index contributed by atoms with van der Waals surface area (Å²) in [5.41, 5.74) is 8.39. The molecule has 0 bridgehead atoms. The van der Waals surface area contributed by atoms with E-state index in [1.165, 1.54) is 18.5 Å². The SMILES string of the molecule is C=CCN(c1cccc(OC)c1[C@@H](C)N)C1CC1. The quantitative estimate of drug-likeness (QED) is 0.784. The first-order valence-electron chi connectivity index (χ1n) is 6.49. The Balaban J connectivity index is 2.43. The zero-order valence-corrected chi connectivity index (χ0v) is 11.2. The molecule has 0 aromatic heterocycles. The van der Waals surface area contributed by atoms with E-state index < -0.39 is 0 Å². The number of anilines is 1. The van der Waals surface area contributed by atoms with E-state index in [2.05, 4.69) is 17.5 Å². The van der Waals surface area contributed by atoms with Crippen molar-refractivity contribution in [3.8, 4) is 5.75 Å². The predicted molar refractivity (Wildman–Crippen MR) is 76.2 cm³/mol. The molecular formula is C15H22N2O. The van der Waals surface area contributed by atoms with Crippen LogP contribution in [0.4, 0.5) is 5.69 Å². The van der Waals surface area contributed by atoms with Gasteiger partial charge in [0.1, 0.15) is 5.75 Å². The normalized spacial score (nSPS) is 16.2. The number of benzene rings is 1. The highest BCUT2D eigenvalue weighted by molar-refractivity contribution is 5.62. The Labute approximate surface area is 109 Å². The summed E-state index contributed by atoms with van der Waals surface area (Å²) < 4.78 is 5.44. The molecule has 0 radical (unpaired) electrons. The van der Waals surface area contributed by atoms with Crippen LogP contribution in [0.15, 0.2) is 30.9 Å². The molecule has 3 heteroatoms. The van der Waals surface area contributed by atoms with E-state index in [1.54, 1.807) is 7.11 Å². The maximum atomic E-state index is 6.11. The van der Waals surface area contributed by atoms with Crippen LogP contribution < -0.4 is 15.4 Å². The van der Waals surface area contributed by atoms with Gasteiger partial charge in [0.2, 0.25) is 0 Å². The van der Waals surface area contributed by atoms with Gasteiger partial charge in [-0.05, 0) is 31.9 Å². The second-order valence-electron chi connectivity index (χ2n) is 4.85. The maximum absolute atomic E-state index is 6.11. The number of nitrogens with two attached hydrogens (primary N) is 1. The Bertz CT molecular complexity index is 425. The van der Waals surface area contributed by atoms with Crippen LogP contribution in [0.1, 0.15) is 31.4 Å². The number of hydrogen-bond donors (Lipinski definition) is 1. The average molecular weight is 246 g/mol. The number of hydrogen-bond acceptors (Lipinski definition) is 3. The van der Waals surface area contributed by atoms with Gasteiger partial charge in [0, 0.05) is 29.9 Å². The van der Waals surface area contributed by atoms with Crippen molar-refractivity contribution in [3.05, 3.63) is 36.4 Å². The zero-order chi connectivity index (χ0) is 13.1. The minimum Gasteiger partial charge on any atom is -0.496 e. The van der Waals surface area contributed by atoms with E-state index in [0.29, 0.717) is 6.04 Å². The molecule has 1 aromatic carbocycles. The summed E-state index contributed by atoms with van der Waals surface area (Å²) in [7, 11) is 1.69. The lowest BCUT2D eigenvalue weighted by molar-refractivity contribution is 0.407. The van der Waals surface area contributed by atoms with Gasteiger partial charge in [-0.25, -0.2) is 0 Å². The summed E-state index contributed by atoms with van der Waals surface area (Å²) in [5, 5.41) is 0. The lowest BCUT2D eigenvalue weighted by atomic mass is 10.0. The minimum absolute atomic E-state index is 0.0396. The average Bonchev–Trinajstić information content (AvgIpc) is 3.19. The molecule has 0 heterocycles. The molecule has 98 valence electrons. The van der Waals surface area contributed by atoms with Gasteiger partial charge in [-0.15, -0.1) is 6.58 Å². The molecule has 2 rings (SSSR count). The largest absolute Gasteiger partial charge is 0.496 e. The Hall–Kier alpha value is -1.48. The van der Waals surface area contributed by atoms with Crippen LogP contribution in [0.5, 0.6) is 5.75 Å². The third kappa shape index (κ3) is 2.51. The van der Waals surface area contributed by atoms with Crippen molar-refractivity contribution in [2.75, 3.05) is 18.6 Å². The van der Waals surface area contributed by atoms with Gasteiger partial charge in [0.05, 0.1) is 7.11 Å². The van der Waals surface area contributed by atoms with Crippen molar-refractivity contribution in [2.24, 2.45) is 5.73 Å². The van der Waals surface area contributed by atoms with E-state index in [9.17, 15) is 0 Å². The highest BCUT2D eigenvalue weighted by Gasteiger charge is 2.30. The second-order valence-corrected chi connectivity index (χ2v) is 4.85. The van der Waals surface area contributed by atoms with Crippen molar-refractivity contribution in [3.63, 3.8) is 0 Å². The molecule has 1 saturated carbocycles. The van der Waals surface area contributed by atoms with Crippen LogP contribution in [0.2, 0.25) is 0 Å². The first-order chi connectivity index (χ1) is 8.69. The van der Waals surface area contributed by atoms with Gasteiger partial charge in [0.25, 0.3) is 0 Å². The Morgan fingerprint density at radius 1 is 1.56 bits per heavy atom. The molecule has 1 aliphatic carbocycles. The fraction of sp³-hybridized carbons (Fsp3) is 0.467. The van der Waals surface area contributed by atoms with E-state index in [-0.39, 0.29) is 6.04 Å². The van der Waals surface area contributed by atoms with Crippen LogP contribution >= 0.6 is 0 Å². The number of methoxy groups -OCH3 is 1. The Kier molecular flexibility index (Phi) is 3.92. The molecule has 1 aromatic rings. The molecule has 18 heavy (non-hydrogen) atoms. The molecule has 0 spiro atoms. The monoisotopic (exact) mass is 246 g/mol. The molecule has 2 N–H and O–H groups in total. The first kappa shape index (κ1) is 13.0. The standard InChI is InChI=1S/C15H22N2O/c1-4-10-17(12-8-9-12)13-6-5-7-14(18-3)15(13)11(2)16/h4-7,11-12H,1,8-10,16H2,2-3H3/t11-/m1/s1. The van der Waals surface area contributed by atoms with Crippen LogP contribution in [-0.2, 0) is 0 Å².